The van der Waals surface area contributed by atoms with Crippen LogP contribution in [-0.2, 0) is 0 Å². The predicted molar refractivity (Wildman–Crippen MR) is 55.1 cm³/mol. The maximum absolute atomic E-state index is 10.9. The minimum absolute atomic E-state index is 0.217. The molecular formula is C10H7NOS. The van der Waals surface area contributed by atoms with Gasteiger partial charge in [-0.15, -0.1) is 12.6 Å². The molecule has 0 aliphatic heterocycles. The van der Waals surface area contributed by atoms with Crippen molar-refractivity contribution in [1.29, 1.82) is 0 Å². The fraction of sp³-hybridized carbons (Fsp3) is 0. The van der Waals surface area contributed by atoms with Crippen LogP contribution in [0, 0.1) is 0 Å². The van der Waals surface area contributed by atoms with Gasteiger partial charge >= 0.3 is 0 Å². The Hall–Kier alpha value is -1.35. The van der Waals surface area contributed by atoms with E-state index in [1.165, 1.54) is 0 Å². The normalized spacial score (nSPS) is 10.2. The van der Waals surface area contributed by atoms with Gasteiger partial charge in [-0.05, 0) is 24.3 Å². The van der Waals surface area contributed by atoms with Crippen molar-refractivity contribution < 1.29 is 4.79 Å². The minimum atomic E-state index is -0.217. The third kappa shape index (κ3) is 1.55. The lowest BCUT2D eigenvalue weighted by atomic mass is 10.1. The van der Waals surface area contributed by atoms with Gasteiger partial charge in [-0.2, -0.15) is 0 Å². The Kier molecular flexibility index (Phi) is 2.02. The van der Waals surface area contributed by atoms with Gasteiger partial charge in [-0.1, -0.05) is 6.07 Å². The van der Waals surface area contributed by atoms with E-state index in [1.807, 2.05) is 18.2 Å². The highest BCUT2D eigenvalue weighted by molar-refractivity contribution is 7.97. The standard InChI is InChI=1S/C10H7NOS/c12-10(13)8-3-4-9-7(6-8)2-1-5-11-9/h1-6H,(H,12,13). The van der Waals surface area contributed by atoms with Gasteiger partial charge in [0.2, 0.25) is 5.12 Å². The Morgan fingerprint density at radius 3 is 2.92 bits per heavy atom. The van der Waals surface area contributed by atoms with Crippen LogP contribution < -0.4 is 0 Å². The molecule has 3 heteroatoms. The van der Waals surface area contributed by atoms with E-state index in [0.29, 0.717) is 5.56 Å². The lowest BCUT2D eigenvalue weighted by Crippen LogP contribution is -1.88. The monoisotopic (exact) mass is 189 g/mol. The maximum Gasteiger partial charge on any atom is 0.216 e. The minimum Gasteiger partial charge on any atom is -0.282 e. The zero-order chi connectivity index (χ0) is 9.26. The summed E-state index contributed by atoms with van der Waals surface area (Å²) in [5, 5.41) is 0.744. The lowest BCUT2D eigenvalue weighted by Gasteiger charge is -1.97. The van der Waals surface area contributed by atoms with Gasteiger partial charge in [-0.25, -0.2) is 0 Å². The Labute approximate surface area is 81.0 Å². The van der Waals surface area contributed by atoms with Crippen molar-refractivity contribution in [2.45, 2.75) is 0 Å². The highest BCUT2D eigenvalue weighted by Gasteiger charge is 2.00. The number of benzene rings is 1. The van der Waals surface area contributed by atoms with E-state index in [-0.39, 0.29) is 5.12 Å². The molecule has 0 spiro atoms. The van der Waals surface area contributed by atoms with Crippen molar-refractivity contribution in [1.82, 2.24) is 4.98 Å². The molecule has 0 unspecified atom stereocenters. The fourth-order valence-corrected chi connectivity index (χ4v) is 1.35. The molecule has 0 saturated carbocycles. The summed E-state index contributed by atoms with van der Waals surface area (Å²) < 4.78 is 0. The molecule has 0 amide bonds. The number of hydrogen-bond acceptors (Lipinski definition) is 2. The first kappa shape index (κ1) is 8.26. The van der Waals surface area contributed by atoms with Crippen LogP contribution >= 0.6 is 12.6 Å². The first-order valence-corrected chi connectivity index (χ1v) is 4.30. The summed E-state index contributed by atoms with van der Waals surface area (Å²) in [7, 11) is 0. The molecule has 0 N–H and O–H groups in total. The molecule has 2 nitrogen and oxygen atoms in total. The van der Waals surface area contributed by atoms with Crippen molar-refractivity contribution in [3.8, 4) is 0 Å². The number of carbonyl (C=O) groups is 1. The summed E-state index contributed by atoms with van der Waals surface area (Å²) >= 11 is 3.75. The first-order valence-electron chi connectivity index (χ1n) is 3.85. The number of hydrogen-bond donors (Lipinski definition) is 1. The largest absolute Gasteiger partial charge is 0.282 e. The highest BCUT2D eigenvalue weighted by Crippen LogP contribution is 2.14. The highest BCUT2D eigenvalue weighted by atomic mass is 32.1. The van der Waals surface area contributed by atoms with Gasteiger partial charge in [0.05, 0.1) is 5.52 Å². The Bertz CT molecular complexity index is 467. The summed E-state index contributed by atoms with van der Waals surface area (Å²) in [5.74, 6) is 0. The second kappa shape index (κ2) is 3.18. The van der Waals surface area contributed by atoms with E-state index < -0.39 is 0 Å². The van der Waals surface area contributed by atoms with Crippen LogP contribution in [0.15, 0.2) is 36.5 Å². The second-order valence-corrected chi connectivity index (χ2v) is 3.12. The molecule has 0 radical (unpaired) electrons. The molecule has 0 fully saturated rings. The van der Waals surface area contributed by atoms with Gasteiger partial charge < -0.3 is 0 Å². The number of pyridine rings is 1. The Morgan fingerprint density at radius 1 is 1.31 bits per heavy atom. The third-order valence-corrected chi connectivity index (χ3v) is 2.11. The van der Waals surface area contributed by atoms with Crippen LogP contribution in [0.2, 0.25) is 0 Å². The molecule has 2 aromatic rings. The van der Waals surface area contributed by atoms with Crippen molar-refractivity contribution in [3.63, 3.8) is 0 Å². The summed E-state index contributed by atoms with van der Waals surface area (Å²) in [6.45, 7) is 0. The van der Waals surface area contributed by atoms with Crippen molar-refractivity contribution >= 4 is 28.6 Å². The Balaban J connectivity index is 2.69. The number of fused-ring (bicyclic) bond motifs is 1. The second-order valence-electron chi connectivity index (χ2n) is 2.72. The number of aromatic nitrogens is 1. The summed E-state index contributed by atoms with van der Waals surface area (Å²) in [4.78, 5) is 15.1. The van der Waals surface area contributed by atoms with Gasteiger partial charge in [0.25, 0.3) is 0 Å². The average Bonchev–Trinajstić information content (AvgIpc) is 2.17. The molecule has 1 heterocycles. The van der Waals surface area contributed by atoms with Crippen molar-refractivity contribution in [2.24, 2.45) is 0 Å². The van der Waals surface area contributed by atoms with Crippen LogP contribution in [0.5, 0.6) is 0 Å². The van der Waals surface area contributed by atoms with E-state index in [1.54, 1.807) is 18.3 Å². The van der Waals surface area contributed by atoms with Crippen LogP contribution in [-0.4, -0.2) is 10.1 Å². The molecular weight excluding hydrogens is 182 g/mol. The van der Waals surface area contributed by atoms with Gasteiger partial charge in [-0.3, -0.25) is 9.78 Å². The molecule has 0 aliphatic rings. The molecule has 0 atom stereocenters. The number of rotatable bonds is 1. The van der Waals surface area contributed by atoms with E-state index >= 15 is 0 Å². The van der Waals surface area contributed by atoms with E-state index in [4.69, 9.17) is 0 Å². The van der Waals surface area contributed by atoms with E-state index in [0.717, 1.165) is 10.9 Å². The van der Waals surface area contributed by atoms with Crippen LogP contribution in [0.25, 0.3) is 10.9 Å². The molecule has 1 aromatic carbocycles. The summed E-state index contributed by atoms with van der Waals surface area (Å²) in [5.41, 5.74) is 1.49. The summed E-state index contributed by atoms with van der Waals surface area (Å²) in [6, 6.07) is 9.10. The summed E-state index contributed by atoms with van der Waals surface area (Å²) in [6.07, 6.45) is 1.73. The van der Waals surface area contributed by atoms with E-state index in [9.17, 15) is 4.79 Å². The third-order valence-electron chi connectivity index (χ3n) is 1.85. The molecule has 0 bridgehead atoms. The molecule has 0 aliphatic carbocycles. The molecule has 13 heavy (non-hydrogen) atoms. The predicted octanol–water partition coefficient (Wildman–Crippen LogP) is 2.30. The van der Waals surface area contributed by atoms with Gasteiger partial charge in [0, 0.05) is 17.1 Å². The SMILES string of the molecule is O=C(S)c1ccc2ncccc2c1. The average molecular weight is 189 g/mol. The van der Waals surface area contributed by atoms with Gasteiger partial charge in [0.1, 0.15) is 0 Å². The number of nitrogens with zero attached hydrogens (tertiary/aromatic N) is 1. The fourth-order valence-electron chi connectivity index (χ4n) is 1.21. The van der Waals surface area contributed by atoms with Crippen LogP contribution in [0.1, 0.15) is 10.4 Å². The number of thiol groups is 1. The zero-order valence-corrected chi connectivity index (χ0v) is 7.66. The van der Waals surface area contributed by atoms with Gasteiger partial charge in [0.15, 0.2) is 0 Å². The first-order chi connectivity index (χ1) is 6.27. The number of carbonyl (C=O) groups excluding carboxylic acids is 1. The lowest BCUT2D eigenvalue weighted by molar-refractivity contribution is 0.109. The van der Waals surface area contributed by atoms with E-state index in [2.05, 4.69) is 17.6 Å². The maximum atomic E-state index is 10.9. The molecule has 1 aromatic heterocycles. The quantitative estimate of drug-likeness (QED) is 0.698. The zero-order valence-electron chi connectivity index (χ0n) is 6.77. The van der Waals surface area contributed by atoms with Crippen LogP contribution in [0.3, 0.4) is 0 Å². The molecule has 64 valence electrons. The van der Waals surface area contributed by atoms with Crippen molar-refractivity contribution in [3.05, 3.63) is 42.1 Å². The van der Waals surface area contributed by atoms with Crippen molar-refractivity contribution in [2.75, 3.05) is 0 Å². The molecule has 0 saturated heterocycles. The molecule has 2 rings (SSSR count). The Morgan fingerprint density at radius 2 is 2.15 bits per heavy atom. The smallest absolute Gasteiger partial charge is 0.216 e. The topological polar surface area (TPSA) is 30.0 Å². The van der Waals surface area contributed by atoms with Crippen LogP contribution in [0.4, 0.5) is 0 Å².